The fourth-order valence-corrected chi connectivity index (χ4v) is 4.85. The third-order valence-corrected chi connectivity index (χ3v) is 5.97. The van der Waals surface area contributed by atoms with Crippen molar-refractivity contribution in [2.45, 2.75) is 0 Å². The molecule has 2 aromatic carbocycles. The highest BCUT2D eigenvalue weighted by molar-refractivity contribution is 7.80. The van der Waals surface area contributed by atoms with Crippen LogP contribution in [0.15, 0.2) is 48.5 Å². The molecule has 0 amide bonds. The van der Waals surface area contributed by atoms with E-state index >= 15 is 0 Å². The average molecular weight is 320 g/mol. The molecule has 0 fully saturated rings. The number of hydrogen-bond donors (Lipinski definition) is 1. The van der Waals surface area contributed by atoms with Gasteiger partial charge in [0.15, 0.2) is 0 Å². The van der Waals surface area contributed by atoms with Crippen molar-refractivity contribution >= 4 is 32.9 Å². The van der Waals surface area contributed by atoms with E-state index in [1.807, 2.05) is 12.1 Å². The fourth-order valence-electron chi connectivity index (χ4n) is 1.96. The summed E-state index contributed by atoms with van der Waals surface area (Å²) in [5.74, 6) is -0.0655. The zero-order valence-electron chi connectivity index (χ0n) is 10.2. The highest BCUT2D eigenvalue weighted by atomic mass is 32.9. The minimum Gasteiger partial charge on any atom is -0.508 e. The molecule has 0 aliphatic carbocycles. The Kier molecular flexibility index (Phi) is 3.65. The van der Waals surface area contributed by atoms with E-state index < -0.39 is 0 Å². The van der Waals surface area contributed by atoms with Crippen LogP contribution in [0.5, 0.6) is 5.75 Å². The Morgan fingerprint density at radius 1 is 0.950 bits per heavy atom. The molecule has 0 unspecified atom stereocenters. The number of phenolic OH excluding ortho intramolecular Hbond substituents is 1. The first kappa shape index (κ1) is 13.4. The SMILES string of the molecule is Oc1ccc(-c2ssc(=S)c2-c2ccccc2F)cc1. The average Bonchev–Trinajstić information content (AvgIpc) is 2.82. The molecule has 1 aromatic heterocycles. The number of benzene rings is 2. The van der Waals surface area contributed by atoms with Crippen molar-refractivity contribution in [3.05, 3.63) is 58.2 Å². The van der Waals surface area contributed by atoms with Crippen molar-refractivity contribution in [1.82, 2.24) is 0 Å². The van der Waals surface area contributed by atoms with Gasteiger partial charge in [-0.2, -0.15) is 0 Å². The van der Waals surface area contributed by atoms with E-state index in [1.165, 1.54) is 26.7 Å². The molecule has 20 heavy (non-hydrogen) atoms. The van der Waals surface area contributed by atoms with Crippen molar-refractivity contribution in [1.29, 1.82) is 0 Å². The summed E-state index contributed by atoms with van der Waals surface area (Å²) in [6, 6.07) is 13.5. The maximum absolute atomic E-state index is 14.0. The van der Waals surface area contributed by atoms with Crippen LogP contribution in [0.25, 0.3) is 21.6 Å². The van der Waals surface area contributed by atoms with Gasteiger partial charge < -0.3 is 5.11 Å². The van der Waals surface area contributed by atoms with Crippen LogP contribution < -0.4 is 0 Å². The highest BCUT2D eigenvalue weighted by Gasteiger charge is 2.15. The summed E-state index contributed by atoms with van der Waals surface area (Å²) in [6.45, 7) is 0. The normalized spacial score (nSPS) is 10.7. The second kappa shape index (κ2) is 5.44. The summed E-state index contributed by atoms with van der Waals surface area (Å²) < 4.78 is 14.7. The van der Waals surface area contributed by atoms with Gasteiger partial charge in [0.25, 0.3) is 0 Å². The fraction of sp³-hybridized carbons (Fsp3) is 0. The molecule has 0 spiro atoms. The third-order valence-electron chi connectivity index (χ3n) is 2.90. The highest BCUT2D eigenvalue weighted by Crippen LogP contribution is 2.42. The van der Waals surface area contributed by atoms with Gasteiger partial charge >= 0.3 is 0 Å². The summed E-state index contributed by atoms with van der Waals surface area (Å²) in [5, 5.41) is 9.36. The number of aromatic hydroxyl groups is 1. The molecule has 1 N–H and O–H groups in total. The molecule has 5 heteroatoms. The van der Waals surface area contributed by atoms with E-state index in [2.05, 4.69) is 0 Å². The molecule has 3 aromatic rings. The smallest absolute Gasteiger partial charge is 0.131 e. The lowest BCUT2D eigenvalue weighted by atomic mass is 10.0. The molecule has 0 aliphatic heterocycles. The van der Waals surface area contributed by atoms with Crippen molar-refractivity contribution in [3.8, 4) is 27.3 Å². The Balaban J connectivity index is 2.23. The monoisotopic (exact) mass is 320 g/mol. The van der Waals surface area contributed by atoms with Gasteiger partial charge in [0, 0.05) is 11.1 Å². The number of rotatable bonds is 2. The van der Waals surface area contributed by atoms with E-state index in [0.29, 0.717) is 9.39 Å². The zero-order chi connectivity index (χ0) is 14.1. The van der Waals surface area contributed by atoms with E-state index in [4.69, 9.17) is 12.2 Å². The quantitative estimate of drug-likeness (QED) is 0.481. The van der Waals surface area contributed by atoms with Crippen molar-refractivity contribution in [2.75, 3.05) is 0 Å². The summed E-state index contributed by atoms with van der Waals surface area (Å²) in [6.07, 6.45) is 0. The number of hydrogen-bond acceptors (Lipinski definition) is 4. The molecule has 0 atom stereocenters. The van der Waals surface area contributed by atoms with Crippen LogP contribution in [0.4, 0.5) is 4.39 Å². The maximum atomic E-state index is 14.0. The molecule has 0 bridgehead atoms. The minimum absolute atomic E-state index is 0.208. The summed E-state index contributed by atoms with van der Waals surface area (Å²) >= 11 is 5.35. The molecular formula is C15H9FOS3. The Hall–Kier alpha value is -1.56. The van der Waals surface area contributed by atoms with Crippen LogP contribution in [0.1, 0.15) is 0 Å². The van der Waals surface area contributed by atoms with Crippen LogP contribution in [-0.2, 0) is 0 Å². The Bertz CT molecular complexity index is 802. The topological polar surface area (TPSA) is 20.2 Å². The second-order valence-electron chi connectivity index (χ2n) is 4.18. The van der Waals surface area contributed by atoms with E-state index in [0.717, 1.165) is 16.0 Å². The van der Waals surface area contributed by atoms with Gasteiger partial charge in [0.05, 0.1) is 4.88 Å². The maximum Gasteiger partial charge on any atom is 0.131 e. The van der Waals surface area contributed by atoms with Gasteiger partial charge in [0.1, 0.15) is 15.4 Å². The Morgan fingerprint density at radius 2 is 1.65 bits per heavy atom. The van der Waals surface area contributed by atoms with Crippen LogP contribution in [0.3, 0.4) is 0 Å². The molecule has 1 heterocycles. The van der Waals surface area contributed by atoms with Crippen LogP contribution in [-0.4, -0.2) is 5.11 Å². The molecule has 0 aliphatic rings. The lowest BCUT2D eigenvalue weighted by Gasteiger charge is -2.05. The molecule has 1 nitrogen and oxygen atoms in total. The molecule has 3 rings (SSSR count). The first-order valence-corrected chi connectivity index (χ1v) is 8.40. The van der Waals surface area contributed by atoms with Gasteiger partial charge in [-0.25, -0.2) is 4.39 Å². The molecule has 0 saturated carbocycles. The lowest BCUT2D eigenvalue weighted by Crippen LogP contribution is -1.84. The molecule has 0 saturated heterocycles. The van der Waals surface area contributed by atoms with Gasteiger partial charge in [-0.15, -0.1) is 0 Å². The van der Waals surface area contributed by atoms with Gasteiger partial charge in [-0.1, -0.05) is 51.1 Å². The van der Waals surface area contributed by atoms with Gasteiger partial charge in [0.2, 0.25) is 0 Å². The van der Waals surface area contributed by atoms with Crippen LogP contribution in [0.2, 0.25) is 0 Å². The first-order chi connectivity index (χ1) is 9.66. The summed E-state index contributed by atoms with van der Waals surface area (Å²) in [7, 11) is 2.99. The minimum atomic E-state index is -0.274. The van der Waals surface area contributed by atoms with Crippen molar-refractivity contribution < 1.29 is 9.50 Å². The third kappa shape index (κ3) is 2.40. The second-order valence-corrected chi connectivity index (χ2v) is 7.00. The molecule has 100 valence electrons. The predicted octanol–water partition coefficient (Wildman–Crippen LogP) is 5.72. The first-order valence-electron chi connectivity index (χ1n) is 5.84. The molecule has 0 radical (unpaired) electrons. The largest absolute Gasteiger partial charge is 0.508 e. The van der Waals surface area contributed by atoms with Crippen LogP contribution in [0, 0.1) is 9.64 Å². The van der Waals surface area contributed by atoms with Gasteiger partial charge in [-0.3, -0.25) is 0 Å². The van der Waals surface area contributed by atoms with Gasteiger partial charge in [-0.05, 0) is 35.9 Å². The summed E-state index contributed by atoms with van der Waals surface area (Å²) in [4.78, 5) is 0.935. The standard InChI is InChI=1S/C15H9FOS3/c16-12-4-2-1-3-11(12)13-14(19-20-15(13)18)9-5-7-10(17)8-6-9/h1-8,17H. The van der Waals surface area contributed by atoms with E-state index in [-0.39, 0.29) is 11.6 Å². The summed E-state index contributed by atoms with van der Waals surface area (Å²) in [5.41, 5.74) is 2.22. The van der Waals surface area contributed by atoms with Crippen LogP contribution >= 0.6 is 32.9 Å². The van der Waals surface area contributed by atoms with Crippen molar-refractivity contribution in [3.63, 3.8) is 0 Å². The number of halogens is 1. The Morgan fingerprint density at radius 3 is 2.35 bits per heavy atom. The molecular weight excluding hydrogens is 311 g/mol. The van der Waals surface area contributed by atoms with E-state index in [9.17, 15) is 9.50 Å². The number of phenols is 1. The predicted molar refractivity (Wildman–Crippen MR) is 85.5 cm³/mol. The Labute approximate surface area is 128 Å². The zero-order valence-corrected chi connectivity index (χ0v) is 12.6. The lowest BCUT2D eigenvalue weighted by molar-refractivity contribution is 0.475. The van der Waals surface area contributed by atoms with Crippen molar-refractivity contribution in [2.24, 2.45) is 0 Å². The van der Waals surface area contributed by atoms with E-state index in [1.54, 1.807) is 30.3 Å².